The van der Waals surface area contributed by atoms with Gasteiger partial charge < -0.3 is 16.0 Å². The van der Waals surface area contributed by atoms with Crippen molar-refractivity contribution in [2.75, 3.05) is 16.0 Å². The third-order valence-electron chi connectivity index (χ3n) is 5.35. The second kappa shape index (κ2) is 10.9. The number of anilines is 5. The molecule has 0 saturated carbocycles. The largest absolute Gasteiger partial charge is 0.331 e. The lowest BCUT2D eigenvalue weighted by Gasteiger charge is -2.11. The van der Waals surface area contributed by atoms with Gasteiger partial charge in [-0.05, 0) is 61.0 Å². The van der Waals surface area contributed by atoms with Gasteiger partial charge in [-0.1, -0.05) is 12.1 Å². The number of carbonyl (C=O) groups excluding carboxylic acids is 1. The highest BCUT2D eigenvalue weighted by Crippen LogP contribution is 2.27. The molecule has 1 amide bonds. The molecule has 0 radical (unpaired) electrons. The van der Waals surface area contributed by atoms with Crippen molar-refractivity contribution in [3.63, 3.8) is 0 Å². The van der Waals surface area contributed by atoms with Crippen LogP contribution in [0.4, 0.5) is 32.5 Å². The first-order chi connectivity index (χ1) is 18.0. The van der Waals surface area contributed by atoms with Crippen molar-refractivity contribution in [3.8, 4) is 11.3 Å². The van der Waals surface area contributed by atoms with Gasteiger partial charge in [-0.25, -0.2) is 19.3 Å². The van der Waals surface area contributed by atoms with Gasteiger partial charge in [0.1, 0.15) is 5.82 Å². The minimum Gasteiger partial charge on any atom is -0.331 e. The van der Waals surface area contributed by atoms with Crippen LogP contribution < -0.4 is 16.0 Å². The summed E-state index contributed by atoms with van der Waals surface area (Å²) in [5.41, 5.74) is 5.40. The zero-order chi connectivity index (χ0) is 25.6. The highest BCUT2D eigenvalue weighted by molar-refractivity contribution is 7.13. The number of benzene rings is 2. The van der Waals surface area contributed by atoms with Crippen molar-refractivity contribution in [3.05, 3.63) is 102 Å². The number of hydrogen-bond acceptors (Lipinski definition) is 8. The molecule has 3 N–H and O–H groups in total. The molecule has 0 fully saturated rings. The van der Waals surface area contributed by atoms with Crippen LogP contribution >= 0.6 is 11.3 Å². The summed E-state index contributed by atoms with van der Waals surface area (Å²) in [5.74, 6) is -0.196. The number of halogens is 1. The third-order valence-corrected chi connectivity index (χ3v) is 6.16. The molecule has 2 aromatic carbocycles. The number of hydrogen-bond donors (Lipinski definition) is 3. The molecule has 10 heteroatoms. The van der Waals surface area contributed by atoms with Crippen molar-refractivity contribution in [1.29, 1.82) is 0 Å². The maximum Gasteiger partial charge on any atom is 0.230 e. The van der Waals surface area contributed by atoms with Crippen LogP contribution in [0.5, 0.6) is 0 Å². The lowest BCUT2D eigenvalue weighted by molar-refractivity contribution is -0.115. The Kier molecular flexibility index (Phi) is 7.09. The van der Waals surface area contributed by atoms with E-state index in [-0.39, 0.29) is 12.3 Å². The number of aromatic nitrogens is 4. The minimum absolute atomic E-state index is 0.0833. The van der Waals surface area contributed by atoms with Crippen LogP contribution in [0, 0.1) is 12.7 Å². The van der Waals surface area contributed by atoms with Gasteiger partial charge in [0, 0.05) is 46.6 Å². The van der Waals surface area contributed by atoms with Gasteiger partial charge in [-0.3, -0.25) is 9.78 Å². The molecule has 0 spiro atoms. The van der Waals surface area contributed by atoms with E-state index in [9.17, 15) is 9.18 Å². The van der Waals surface area contributed by atoms with Crippen molar-refractivity contribution in [2.24, 2.45) is 0 Å². The fourth-order valence-corrected chi connectivity index (χ4v) is 4.28. The molecular formula is C27H22FN7OS. The van der Waals surface area contributed by atoms with E-state index in [0.717, 1.165) is 28.2 Å². The number of pyridine rings is 1. The van der Waals surface area contributed by atoms with Gasteiger partial charge >= 0.3 is 0 Å². The standard InChI is InChI=1S/C27H22FN7OS/c1-17-7-8-21(13-24(17)35-26-30-11-9-23(34-26)18-4-3-10-29-15-18)32-27-33-22(16-37-27)14-25(36)31-20-6-2-5-19(28)12-20/h2-13,15-16H,14H2,1H3,(H,31,36)(H,32,33)(H,30,34,35). The molecule has 3 aromatic heterocycles. The number of carbonyl (C=O) groups is 1. The maximum atomic E-state index is 13.3. The van der Waals surface area contributed by atoms with Crippen LogP contribution in [-0.2, 0) is 11.2 Å². The van der Waals surface area contributed by atoms with E-state index in [0.29, 0.717) is 22.5 Å². The Balaban J connectivity index is 1.24. The van der Waals surface area contributed by atoms with Gasteiger partial charge in [0.25, 0.3) is 0 Å². The van der Waals surface area contributed by atoms with Crippen molar-refractivity contribution in [1.82, 2.24) is 19.9 Å². The number of nitrogens with one attached hydrogen (secondary N) is 3. The molecule has 5 aromatic rings. The molecular weight excluding hydrogens is 489 g/mol. The summed E-state index contributed by atoms with van der Waals surface area (Å²) >= 11 is 1.40. The zero-order valence-electron chi connectivity index (χ0n) is 19.8. The molecule has 0 unspecified atom stereocenters. The Hall–Kier alpha value is -4.70. The maximum absolute atomic E-state index is 13.3. The summed E-state index contributed by atoms with van der Waals surface area (Å²) in [7, 11) is 0. The van der Waals surface area contributed by atoms with Crippen LogP contribution in [0.15, 0.2) is 84.6 Å². The Morgan fingerprint density at radius 2 is 1.89 bits per heavy atom. The Morgan fingerprint density at radius 3 is 2.73 bits per heavy atom. The number of aryl methyl sites for hydroxylation is 1. The fraction of sp³-hybridized carbons (Fsp3) is 0.0741. The smallest absolute Gasteiger partial charge is 0.230 e. The van der Waals surface area contributed by atoms with Crippen molar-refractivity contribution < 1.29 is 9.18 Å². The lowest BCUT2D eigenvalue weighted by atomic mass is 10.2. The van der Waals surface area contributed by atoms with E-state index in [4.69, 9.17) is 0 Å². The summed E-state index contributed by atoms with van der Waals surface area (Å²) in [6.45, 7) is 2.00. The van der Waals surface area contributed by atoms with E-state index in [1.807, 2.05) is 48.7 Å². The molecule has 0 aliphatic heterocycles. The normalized spacial score (nSPS) is 10.6. The topological polar surface area (TPSA) is 105 Å². The van der Waals surface area contributed by atoms with Crippen LogP contribution in [0.25, 0.3) is 11.3 Å². The van der Waals surface area contributed by atoms with Crippen LogP contribution in [0.1, 0.15) is 11.3 Å². The Bertz CT molecular complexity index is 1540. The number of thiazole rings is 1. The monoisotopic (exact) mass is 511 g/mol. The number of rotatable bonds is 8. The van der Waals surface area contributed by atoms with Gasteiger partial charge in [0.2, 0.25) is 11.9 Å². The van der Waals surface area contributed by atoms with Crippen molar-refractivity contribution >= 4 is 45.4 Å². The molecule has 0 aliphatic carbocycles. The zero-order valence-corrected chi connectivity index (χ0v) is 20.6. The van der Waals surface area contributed by atoms with E-state index in [1.54, 1.807) is 30.7 Å². The van der Waals surface area contributed by atoms with E-state index >= 15 is 0 Å². The summed E-state index contributed by atoms with van der Waals surface area (Å²) in [4.78, 5) is 29.9. The van der Waals surface area contributed by atoms with Crippen LogP contribution in [-0.4, -0.2) is 25.8 Å². The SMILES string of the molecule is Cc1ccc(Nc2nc(CC(=O)Nc3cccc(F)c3)cs2)cc1Nc1nccc(-c2cccnc2)n1. The van der Waals surface area contributed by atoms with Crippen molar-refractivity contribution in [2.45, 2.75) is 13.3 Å². The van der Waals surface area contributed by atoms with Gasteiger partial charge in [-0.2, -0.15) is 0 Å². The summed E-state index contributed by atoms with van der Waals surface area (Å²) < 4.78 is 13.3. The summed E-state index contributed by atoms with van der Waals surface area (Å²) in [5, 5.41) is 11.7. The van der Waals surface area contributed by atoms with E-state index < -0.39 is 5.82 Å². The van der Waals surface area contributed by atoms with E-state index in [1.165, 1.54) is 23.5 Å². The second-order valence-electron chi connectivity index (χ2n) is 8.17. The number of nitrogens with zero attached hydrogens (tertiary/aromatic N) is 4. The first-order valence-electron chi connectivity index (χ1n) is 11.4. The average molecular weight is 512 g/mol. The van der Waals surface area contributed by atoms with Crippen LogP contribution in [0.3, 0.4) is 0 Å². The molecule has 0 aliphatic rings. The highest BCUT2D eigenvalue weighted by Gasteiger charge is 2.10. The summed E-state index contributed by atoms with van der Waals surface area (Å²) in [6, 6.07) is 17.3. The fourth-order valence-electron chi connectivity index (χ4n) is 3.55. The number of amides is 1. The molecule has 0 atom stereocenters. The van der Waals surface area contributed by atoms with Gasteiger partial charge in [0.05, 0.1) is 17.8 Å². The first kappa shape index (κ1) is 24.0. The molecule has 8 nitrogen and oxygen atoms in total. The summed E-state index contributed by atoms with van der Waals surface area (Å²) in [6.07, 6.45) is 5.27. The first-order valence-corrected chi connectivity index (χ1v) is 12.3. The molecule has 37 heavy (non-hydrogen) atoms. The molecule has 0 bridgehead atoms. The second-order valence-corrected chi connectivity index (χ2v) is 9.02. The Morgan fingerprint density at radius 1 is 0.973 bits per heavy atom. The minimum atomic E-state index is -0.405. The van der Waals surface area contributed by atoms with Gasteiger partial charge in [0.15, 0.2) is 5.13 Å². The molecule has 0 saturated heterocycles. The van der Waals surface area contributed by atoms with Gasteiger partial charge in [-0.15, -0.1) is 11.3 Å². The molecule has 3 heterocycles. The third kappa shape index (κ3) is 6.30. The average Bonchev–Trinajstić information content (AvgIpc) is 3.33. The molecule has 184 valence electrons. The van der Waals surface area contributed by atoms with E-state index in [2.05, 4.69) is 35.9 Å². The predicted octanol–water partition coefficient (Wildman–Crippen LogP) is 6.11. The Labute approximate surface area is 216 Å². The van der Waals surface area contributed by atoms with Crippen LogP contribution in [0.2, 0.25) is 0 Å². The molecule has 5 rings (SSSR count). The quantitative estimate of drug-likeness (QED) is 0.231. The predicted molar refractivity (Wildman–Crippen MR) is 144 cm³/mol. The lowest BCUT2D eigenvalue weighted by Crippen LogP contribution is -2.14. The highest BCUT2D eigenvalue weighted by atomic mass is 32.1.